The van der Waals surface area contributed by atoms with E-state index in [1.54, 1.807) is 0 Å². The summed E-state index contributed by atoms with van der Waals surface area (Å²) in [6, 6.07) is 0. The highest BCUT2D eigenvalue weighted by Crippen LogP contribution is 2.56. The van der Waals surface area contributed by atoms with Crippen molar-refractivity contribution in [3.05, 3.63) is 0 Å². The van der Waals surface area contributed by atoms with Crippen LogP contribution >= 0.6 is 0 Å². The van der Waals surface area contributed by atoms with Gasteiger partial charge in [-0.3, -0.25) is 0 Å². The van der Waals surface area contributed by atoms with E-state index in [-0.39, 0.29) is 17.1 Å². The minimum atomic E-state index is -0.284. The molecule has 0 radical (unpaired) electrons. The van der Waals surface area contributed by atoms with Crippen molar-refractivity contribution in [1.29, 1.82) is 0 Å². The number of aliphatic hydroxyl groups is 1. The molecular weight excluding hydrogens is 138 g/mol. The van der Waals surface area contributed by atoms with Crippen molar-refractivity contribution in [3.63, 3.8) is 0 Å². The first kappa shape index (κ1) is 7.56. The van der Waals surface area contributed by atoms with E-state index in [2.05, 4.69) is 13.8 Å². The molecule has 2 bridgehead atoms. The Morgan fingerprint density at radius 2 is 2.09 bits per heavy atom. The van der Waals surface area contributed by atoms with Gasteiger partial charge in [-0.1, -0.05) is 13.8 Å². The Morgan fingerprint density at radius 3 is 2.36 bits per heavy atom. The molecule has 2 nitrogen and oxygen atoms in total. The lowest BCUT2D eigenvalue weighted by Gasteiger charge is -2.38. The molecule has 0 spiro atoms. The molecule has 0 aliphatic heterocycles. The Bertz CT molecular complexity index is 185. The maximum atomic E-state index is 9.88. The number of fused-ring (bicyclic) bond motifs is 2. The second-order valence-corrected chi connectivity index (χ2v) is 4.90. The molecule has 0 amide bonds. The smallest absolute Gasteiger partial charge is 0.0773 e. The highest BCUT2D eigenvalue weighted by Gasteiger charge is 2.59. The zero-order valence-electron chi connectivity index (χ0n) is 7.30. The summed E-state index contributed by atoms with van der Waals surface area (Å²) >= 11 is 0. The Hall–Kier alpha value is -0.0800. The van der Waals surface area contributed by atoms with Crippen molar-refractivity contribution >= 4 is 0 Å². The molecule has 2 aliphatic rings. The van der Waals surface area contributed by atoms with E-state index < -0.39 is 0 Å². The zero-order valence-corrected chi connectivity index (χ0v) is 7.30. The molecule has 11 heavy (non-hydrogen) atoms. The number of rotatable bonds is 0. The van der Waals surface area contributed by atoms with Gasteiger partial charge >= 0.3 is 0 Å². The van der Waals surface area contributed by atoms with Crippen LogP contribution in [0.3, 0.4) is 0 Å². The lowest BCUT2D eigenvalue weighted by atomic mass is 9.73. The van der Waals surface area contributed by atoms with Crippen LogP contribution in [0.1, 0.15) is 33.1 Å². The second-order valence-electron chi connectivity index (χ2n) is 4.90. The SMILES string of the molecule is CC1(C)C2CCC(N)(C2)C1O. The average molecular weight is 155 g/mol. The lowest BCUT2D eigenvalue weighted by Crippen LogP contribution is -2.51. The van der Waals surface area contributed by atoms with Gasteiger partial charge in [-0.2, -0.15) is 0 Å². The molecule has 0 saturated heterocycles. The first-order valence-electron chi connectivity index (χ1n) is 4.44. The molecule has 0 heterocycles. The van der Waals surface area contributed by atoms with Crippen LogP contribution < -0.4 is 5.73 Å². The zero-order chi connectivity index (χ0) is 8.28. The highest BCUT2D eigenvalue weighted by molar-refractivity contribution is 5.14. The first-order chi connectivity index (χ1) is 4.97. The summed E-state index contributed by atoms with van der Waals surface area (Å²) in [6.07, 6.45) is 2.97. The van der Waals surface area contributed by atoms with Gasteiger partial charge in [-0.25, -0.2) is 0 Å². The molecule has 0 aromatic heterocycles. The Morgan fingerprint density at radius 1 is 1.45 bits per heavy atom. The fourth-order valence-electron chi connectivity index (χ4n) is 2.95. The lowest BCUT2D eigenvalue weighted by molar-refractivity contribution is -0.00710. The fourth-order valence-corrected chi connectivity index (χ4v) is 2.95. The minimum absolute atomic E-state index is 0.0625. The van der Waals surface area contributed by atoms with Gasteiger partial charge in [-0.05, 0) is 30.6 Å². The van der Waals surface area contributed by atoms with Gasteiger partial charge in [0.1, 0.15) is 0 Å². The van der Waals surface area contributed by atoms with Crippen LogP contribution in [0.5, 0.6) is 0 Å². The maximum absolute atomic E-state index is 9.88. The van der Waals surface area contributed by atoms with Crippen LogP contribution in [0.15, 0.2) is 0 Å². The Kier molecular flexibility index (Phi) is 1.24. The highest BCUT2D eigenvalue weighted by atomic mass is 16.3. The van der Waals surface area contributed by atoms with Gasteiger partial charge in [0, 0.05) is 5.54 Å². The number of hydrogen-bond donors (Lipinski definition) is 2. The fraction of sp³-hybridized carbons (Fsp3) is 1.00. The van der Waals surface area contributed by atoms with Crippen LogP contribution in [0.2, 0.25) is 0 Å². The molecule has 64 valence electrons. The first-order valence-corrected chi connectivity index (χ1v) is 4.44. The molecule has 0 aromatic rings. The van der Waals surface area contributed by atoms with E-state index in [0.717, 1.165) is 12.8 Å². The molecule has 2 fully saturated rings. The van der Waals surface area contributed by atoms with Gasteiger partial charge in [0.25, 0.3) is 0 Å². The summed E-state index contributed by atoms with van der Waals surface area (Å²) in [5.41, 5.74) is 5.89. The summed E-state index contributed by atoms with van der Waals surface area (Å²) < 4.78 is 0. The minimum Gasteiger partial charge on any atom is -0.391 e. The molecule has 2 heteroatoms. The van der Waals surface area contributed by atoms with Gasteiger partial charge in [-0.15, -0.1) is 0 Å². The summed E-state index contributed by atoms with van der Waals surface area (Å²) in [5.74, 6) is 0.655. The van der Waals surface area contributed by atoms with Crippen molar-refractivity contribution in [2.45, 2.75) is 44.8 Å². The van der Waals surface area contributed by atoms with Crippen LogP contribution in [-0.4, -0.2) is 16.7 Å². The van der Waals surface area contributed by atoms with Gasteiger partial charge < -0.3 is 10.8 Å². The third-order valence-corrected chi connectivity index (χ3v) is 3.89. The number of nitrogens with two attached hydrogens (primary N) is 1. The van der Waals surface area contributed by atoms with E-state index in [4.69, 9.17) is 5.73 Å². The second kappa shape index (κ2) is 1.80. The van der Waals surface area contributed by atoms with E-state index in [1.807, 2.05) is 0 Å². The summed E-state index contributed by atoms with van der Waals surface area (Å²) in [6.45, 7) is 4.27. The third-order valence-electron chi connectivity index (χ3n) is 3.89. The summed E-state index contributed by atoms with van der Waals surface area (Å²) in [7, 11) is 0. The van der Waals surface area contributed by atoms with Crippen molar-refractivity contribution in [3.8, 4) is 0 Å². The van der Waals surface area contributed by atoms with Crippen molar-refractivity contribution < 1.29 is 5.11 Å². The standard InChI is InChI=1S/C9H17NO/c1-8(2)6-3-4-9(10,5-6)7(8)11/h6-7,11H,3-5,10H2,1-2H3. The van der Waals surface area contributed by atoms with Crippen LogP contribution in [-0.2, 0) is 0 Å². The molecule has 3 N–H and O–H groups in total. The maximum Gasteiger partial charge on any atom is 0.0773 e. The van der Waals surface area contributed by atoms with Crippen LogP contribution in [0, 0.1) is 11.3 Å². The van der Waals surface area contributed by atoms with E-state index in [0.29, 0.717) is 5.92 Å². The monoisotopic (exact) mass is 155 g/mol. The Balaban J connectivity index is 2.34. The third kappa shape index (κ3) is 0.744. The van der Waals surface area contributed by atoms with Crippen molar-refractivity contribution in [2.75, 3.05) is 0 Å². The summed E-state index contributed by atoms with van der Waals surface area (Å²) in [4.78, 5) is 0. The van der Waals surface area contributed by atoms with E-state index in [9.17, 15) is 5.11 Å². The van der Waals surface area contributed by atoms with E-state index in [1.165, 1.54) is 6.42 Å². The molecular formula is C9H17NO. The van der Waals surface area contributed by atoms with E-state index >= 15 is 0 Å². The molecule has 3 unspecified atom stereocenters. The Labute approximate surface area is 67.8 Å². The van der Waals surface area contributed by atoms with Gasteiger partial charge in [0.2, 0.25) is 0 Å². The molecule has 0 aromatic carbocycles. The topological polar surface area (TPSA) is 46.2 Å². The number of aliphatic hydroxyl groups excluding tert-OH is 1. The normalized spacial score (nSPS) is 53.5. The number of hydrogen-bond acceptors (Lipinski definition) is 2. The predicted molar refractivity (Wildman–Crippen MR) is 44.0 cm³/mol. The molecule has 2 aliphatic carbocycles. The quantitative estimate of drug-likeness (QED) is 0.545. The van der Waals surface area contributed by atoms with Gasteiger partial charge in [0.05, 0.1) is 6.10 Å². The molecule has 3 atom stereocenters. The average Bonchev–Trinajstić information content (AvgIpc) is 2.36. The largest absolute Gasteiger partial charge is 0.391 e. The predicted octanol–water partition coefficient (Wildman–Crippen LogP) is 0.885. The van der Waals surface area contributed by atoms with Crippen LogP contribution in [0.4, 0.5) is 0 Å². The van der Waals surface area contributed by atoms with Crippen molar-refractivity contribution in [1.82, 2.24) is 0 Å². The summed E-state index contributed by atoms with van der Waals surface area (Å²) in [5, 5.41) is 9.88. The molecule has 2 rings (SSSR count). The molecule has 2 saturated carbocycles. The van der Waals surface area contributed by atoms with Crippen molar-refractivity contribution in [2.24, 2.45) is 17.1 Å². The van der Waals surface area contributed by atoms with Gasteiger partial charge in [0.15, 0.2) is 0 Å². The van der Waals surface area contributed by atoms with Crippen LogP contribution in [0.25, 0.3) is 0 Å².